The van der Waals surface area contributed by atoms with Crippen molar-refractivity contribution in [3.63, 3.8) is 0 Å². The van der Waals surface area contributed by atoms with E-state index in [0.717, 1.165) is 16.9 Å². The fraction of sp³-hybridized carbons (Fsp3) is 0.0909. The van der Waals surface area contributed by atoms with Gasteiger partial charge in [-0.2, -0.15) is 0 Å². The third-order valence-corrected chi connectivity index (χ3v) is 5.72. The molecule has 0 bridgehead atoms. The van der Waals surface area contributed by atoms with Crippen molar-refractivity contribution in [1.82, 2.24) is 0 Å². The third kappa shape index (κ3) is 3.35. The van der Waals surface area contributed by atoms with E-state index in [-0.39, 0.29) is 9.23 Å². The van der Waals surface area contributed by atoms with Crippen LogP contribution in [0, 0.1) is 6.92 Å². The van der Waals surface area contributed by atoms with E-state index >= 15 is 0 Å². The van der Waals surface area contributed by atoms with Gasteiger partial charge in [0.15, 0.2) is 0 Å². The molecule has 0 saturated heterocycles. The van der Waals surface area contributed by atoms with Crippen LogP contribution in [0.3, 0.4) is 0 Å². The minimum absolute atomic E-state index is 0.0548. The number of thiophene rings is 1. The first-order valence-corrected chi connectivity index (χ1v) is 8.47. The molecule has 102 valence electrons. The summed E-state index contributed by atoms with van der Waals surface area (Å²) in [5.74, 6) is 0. The fourth-order valence-corrected chi connectivity index (χ4v) is 4.98. The van der Waals surface area contributed by atoms with Crippen molar-refractivity contribution in [2.75, 3.05) is 4.72 Å². The monoisotopic (exact) mass is 355 g/mol. The minimum Gasteiger partial charge on any atom is -0.278 e. The molecule has 19 heavy (non-hydrogen) atoms. The van der Waals surface area contributed by atoms with Crippen LogP contribution in [0.25, 0.3) is 0 Å². The summed E-state index contributed by atoms with van der Waals surface area (Å²) >= 11 is 18.6. The number of hydrogen-bond donors (Lipinski definition) is 1. The van der Waals surface area contributed by atoms with Crippen molar-refractivity contribution in [1.29, 1.82) is 0 Å². The van der Waals surface area contributed by atoms with E-state index in [2.05, 4.69) is 4.72 Å². The average molecular weight is 357 g/mol. The zero-order valence-corrected chi connectivity index (χ0v) is 13.5. The maximum atomic E-state index is 12.2. The van der Waals surface area contributed by atoms with Crippen molar-refractivity contribution in [2.24, 2.45) is 0 Å². The summed E-state index contributed by atoms with van der Waals surface area (Å²) in [5.41, 5.74) is 1.23. The topological polar surface area (TPSA) is 46.2 Å². The number of anilines is 1. The number of sulfonamides is 1. The lowest BCUT2D eigenvalue weighted by Crippen LogP contribution is -2.12. The molecule has 0 unspecified atom stereocenters. The number of halogens is 3. The first kappa shape index (κ1) is 14.9. The molecule has 1 aromatic heterocycles. The Balaban J connectivity index is 2.39. The molecule has 8 heteroatoms. The molecular formula is C11H8Cl3NO2S2. The first-order chi connectivity index (χ1) is 8.79. The van der Waals surface area contributed by atoms with E-state index in [0.29, 0.717) is 15.0 Å². The van der Waals surface area contributed by atoms with Crippen molar-refractivity contribution in [3.05, 3.63) is 43.5 Å². The van der Waals surface area contributed by atoms with Crippen molar-refractivity contribution in [2.45, 2.75) is 11.8 Å². The van der Waals surface area contributed by atoms with Crippen LogP contribution < -0.4 is 4.72 Å². The number of nitrogens with one attached hydrogen (secondary N) is 1. The molecule has 0 saturated carbocycles. The smallest absolute Gasteiger partial charge is 0.264 e. The average Bonchev–Trinajstić information content (AvgIpc) is 2.63. The van der Waals surface area contributed by atoms with E-state index < -0.39 is 10.0 Å². The van der Waals surface area contributed by atoms with Crippen LogP contribution in [-0.2, 0) is 10.0 Å². The lowest BCUT2D eigenvalue weighted by molar-refractivity contribution is 0.601. The maximum absolute atomic E-state index is 12.2. The molecule has 0 spiro atoms. The van der Waals surface area contributed by atoms with Gasteiger partial charge < -0.3 is 0 Å². The Morgan fingerprint density at radius 1 is 1.16 bits per heavy atom. The quantitative estimate of drug-likeness (QED) is 0.857. The van der Waals surface area contributed by atoms with Gasteiger partial charge in [-0.3, -0.25) is 4.72 Å². The molecule has 2 aromatic rings. The molecule has 0 fully saturated rings. The molecule has 3 nitrogen and oxygen atoms in total. The van der Waals surface area contributed by atoms with E-state index in [4.69, 9.17) is 34.8 Å². The van der Waals surface area contributed by atoms with Gasteiger partial charge in [0, 0.05) is 0 Å². The maximum Gasteiger partial charge on any atom is 0.264 e. The lowest BCUT2D eigenvalue weighted by atomic mass is 10.2. The molecular weight excluding hydrogens is 349 g/mol. The van der Waals surface area contributed by atoms with Gasteiger partial charge in [-0.05, 0) is 30.7 Å². The SMILES string of the molecule is Cc1ccc(NS(=O)(=O)c2cc(Cl)sc2Cl)c(Cl)c1. The first-order valence-electron chi connectivity index (χ1n) is 5.03. The summed E-state index contributed by atoms with van der Waals surface area (Å²) in [7, 11) is -3.80. The van der Waals surface area contributed by atoms with Gasteiger partial charge in [0.2, 0.25) is 0 Å². The van der Waals surface area contributed by atoms with Crippen LogP contribution in [0.2, 0.25) is 13.7 Å². The second-order valence-corrected chi connectivity index (χ2v) is 8.12. The van der Waals surface area contributed by atoms with E-state index in [1.54, 1.807) is 18.2 Å². The number of rotatable bonds is 3. The lowest BCUT2D eigenvalue weighted by Gasteiger charge is -2.09. The molecule has 2 rings (SSSR count). The highest BCUT2D eigenvalue weighted by molar-refractivity contribution is 7.93. The second-order valence-electron chi connectivity index (χ2n) is 3.78. The van der Waals surface area contributed by atoms with Crippen LogP contribution >= 0.6 is 46.1 Å². The van der Waals surface area contributed by atoms with Gasteiger partial charge in [0.25, 0.3) is 10.0 Å². The zero-order chi connectivity index (χ0) is 14.2. The van der Waals surface area contributed by atoms with E-state index in [1.807, 2.05) is 6.92 Å². The predicted octanol–water partition coefficient (Wildman–Crippen LogP) is 4.82. The predicted molar refractivity (Wildman–Crippen MR) is 81.3 cm³/mol. The molecule has 0 atom stereocenters. The fourth-order valence-electron chi connectivity index (χ4n) is 1.41. The van der Waals surface area contributed by atoms with Gasteiger partial charge in [0.05, 0.1) is 15.0 Å². The standard InChI is InChI=1S/C11H8Cl3NO2S2/c1-6-2-3-8(7(12)4-6)15-19(16,17)9-5-10(13)18-11(9)14/h2-5,15H,1H3. The number of aryl methyl sites for hydroxylation is 1. The normalized spacial score (nSPS) is 11.6. The Morgan fingerprint density at radius 2 is 1.84 bits per heavy atom. The zero-order valence-electron chi connectivity index (χ0n) is 9.58. The Kier molecular flexibility index (Phi) is 4.32. The summed E-state index contributed by atoms with van der Waals surface area (Å²) in [4.78, 5) is -0.0548. The van der Waals surface area contributed by atoms with Crippen LogP contribution in [0.5, 0.6) is 0 Å². The van der Waals surface area contributed by atoms with Crippen molar-refractivity contribution in [3.8, 4) is 0 Å². The highest BCUT2D eigenvalue weighted by Gasteiger charge is 2.21. The summed E-state index contributed by atoms with van der Waals surface area (Å²) < 4.78 is 27.1. The van der Waals surface area contributed by atoms with Crippen LogP contribution in [0.15, 0.2) is 29.2 Å². The van der Waals surface area contributed by atoms with Gasteiger partial charge in [-0.1, -0.05) is 40.9 Å². The van der Waals surface area contributed by atoms with E-state index in [1.165, 1.54) is 6.07 Å². The Labute approximate surface area is 130 Å². The highest BCUT2D eigenvalue weighted by Crippen LogP contribution is 2.35. The van der Waals surface area contributed by atoms with Gasteiger partial charge in [-0.15, -0.1) is 11.3 Å². The van der Waals surface area contributed by atoms with Crippen LogP contribution in [0.1, 0.15) is 5.56 Å². The number of hydrogen-bond acceptors (Lipinski definition) is 3. The highest BCUT2D eigenvalue weighted by atomic mass is 35.5. The van der Waals surface area contributed by atoms with Crippen LogP contribution in [0.4, 0.5) is 5.69 Å². The molecule has 0 aliphatic carbocycles. The van der Waals surface area contributed by atoms with Gasteiger partial charge >= 0.3 is 0 Å². The second kappa shape index (κ2) is 5.50. The third-order valence-electron chi connectivity index (χ3n) is 2.28. The Hall–Kier alpha value is -0.460. The molecule has 0 aliphatic heterocycles. The number of benzene rings is 1. The van der Waals surface area contributed by atoms with Crippen LogP contribution in [-0.4, -0.2) is 8.42 Å². The molecule has 1 heterocycles. The minimum atomic E-state index is -3.80. The van der Waals surface area contributed by atoms with Gasteiger partial charge in [-0.25, -0.2) is 8.42 Å². The van der Waals surface area contributed by atoms with E-state index in [9.17, 15) is 8.42 Å². The Bertz CT molecular complexity index is 726. The molecule has 1 N–H and O–H groups in total. The summed E-state index contributed by atoms with van der Waals surface area (Å²) in [6, 6.07) is 6.32. The van der Waals surface area contributed by atoms with Crippen molar-refractivity contribution < 1.29 is 8.42 Å². The molecule has 1 aromatic carbocycles. The van der Waals surface area contributed by atoms with Crippen molar-refractivity contribution >= 4 is 61.9 Å². The molecule has 0 aliphatic rings. The van der Waals surface area contributed by atoms with Gasteiger partial charge in [0.1, 0.15) is 9.23 Å². The summed E-state index contributed by atoms with van der Waals surface area (Å²) in [6.07, 6.45) is 0. The summed E-state index contributed by atoms with van der Waals surface area (Å²) in [5, 5.41) is 0.320. The molecule has 0 amide bonds. The largest absolute Gasteiger partial charge is 0.278 e. The Morgan fingerprint density at radius 3 is 2.37 bits per heavy atom. The molecule has 0 radical (unpaired) electrons. The summed E-state index contributed by atoms with van der Waals surface area (Å²) in [6.45, 7) is 1.86.